The predicted molar refractivity (Wildman–Crippen MR) is 122 cm³/mol. The number of aromatic nitrogens is 1. The maximum absolute atomic E-state index is 12.0. The van der Waals surface area contributed by atoms with Crippen LogP contribution in [0.15, 0.2) is 30.5 Å². The summed E-state index contributed by atoms with van der Waals surface area (Å²) >= 11 is 0. The Morgan fingerprint density at radius 1 is 1.26 bits per heavy atom. The van der Waals surface area contributed by atoms with Gasteiger partial charge < -0.3 is 25.8 Å². The van der Waals surface area contributed by atoms with Crippen LogP contribution in [0.3, 0.4) is 0 Å². The van der Waals surface area contributed by atoms with Gasteiger partial charge in [0.1, 0.15) is 17.4 Å². The summed E-state index contributed by atoms with van der Waals surface area (Å²) in [5, 5.41) is 7.30. The maximum atomic E-state index is 12.0. The highest BCUT2D eigenvalue weighted by atomic mass is 16.6. The van der Waals surface area contributed by atoms with Crippen molar-refractivity contribution in [2.45, 2.75) is 64.6 Å². The molecule has 1 heterocycles. The van der Waals surface area contributed by atoms with Gasteiger partial charge in [-0.2, -0.15) is 0 Å². The fourth-order valence-electron chi connectivity index (χ4n) is 3.10. The molecule has 31 heavy (non-hydrogen) atoms. The molecule has 1 unspecified atom stereocenters. The number of benzene rings is 1. The number of rotatable bonds is 10. The van der Waals surface area contributed by atoms with E-state index in [9.17, 15) is 9.59 Å². The van der Waals surface area contributed by atoms with E-state index in [2.05, 4.69) is 22.5 Å². The van der Waals surface area contributed by atoms with Crippen LogP contribution < -0.4 is 21.1 Å². The van der Waals surface area contributed by atoms with Crippen molar-refractivity contribution in [1.29, 1.82) is 0 Å². The second kappa shape index (κ2) is 10.9. The fraction of sp³-hybridized carbons (Fsp3) is 0.522. The Bertz CT molecular complexity index is 895. The van der Waals surface area contributed by atoms with E-state index in [0.717, 1.165) is 35.2 Å². The molecule has 0 aliphatic rings. The zero-order chi connectivity index (χ0) is 23.0. The molecule has 8 nitrogen and oxygen atoms in total. The molecule has 0 bridgehead atoms. The normalized spacial score (nSPS) is 13.4. The quantitative estimate of drug-likeness (QED) is 0.392. The van der Waals surface area contributed by atoms with Crippen molar-refractivity contribution < 1.29 is 19.1 Å². The second-order valence-electron chi connectivity index (χ2n) is 8.63. The van der Waals surface area contributed by atoms with Crippen LogP contribution in [0.1, 0.15) is 47.0 Å². The third kappa shape index (κ3) is 8.05. The van der Waals surface area contributed by atoms with Crippen LogP contribution in [0.4, 0.5) is 5.69 Å². The van der Waals surface area contributed by atoms with Crippen molar-refractivity contribution in [3.8, 4) is 5.75 Å². The van der Waals surface area contributed by atoms with Gasteiger partial charge >= 0.3 is 5.97 Å². The Balaban J connectivity index is 1.78. The van der Waals surface area contributed by atoms with Gasteiger partial charge in [-0.05, 0) is 52.7 Å². The van der Waals surface area contributed by atoms with Crippen LogP contribution >= 0.6 is 0 Å². The van der Waals surface area contributed by atoms with Gasteiger partial charge in [-0.25, -0.2) is 0 Å². The molecule has 1 aromatic carbocycles. The average Bonchev–Trinajstić information content (AvgIpc) is 2.69. The van der Waals surface area contributed by atoms with Crippen LogP contribution in [0, 0.1) is 0 Å². The molecule has 170 valence electrons. The summed E-state index contributed by atoms with van der Waals surface area (Å²) in [5.74, 6) is -0.0645. The molecule has 8 heteroatoms. The number of carbonyl (C=O) groups is 2. The van der Waals surface area contributed by atoms with Crippen molar-refractivity contribution in [3.63, 3.8) is 0 Å². The number of hydrogen-bond acceptors (Lipinski definition) is 7. The first-order chi connectivity index (χ1) is 14.6. The Kier molecular flexibility index (Phi) is 8.62. The molecular weight excluding hydrogens is 396 g/mol. The molecular formula is C23H34N4O4. The molecule has 0 spiro atoms. The minimum Gasteiger partial charge on any atom is -0.497 e. The van der Waals surface area contributed by atoms with Crippen LogP contribution in [0.2, 0.25) is 0 Å². The van der Waals surface area contributed by atoms with Crippen LogP contribution in [-0.2, 0) is 14.3 Å². The Morgan fingerprint density at radius 3 is 2.68 bits per heavy atom. The van der Waals surface area contributed by atoms with E-state index in [4.69, 9.17) is 15.2 Å². The smallest absolute Gasteiger partial charge is 0.323 e. The van der Waals surface area contributed by atoms with Crippen LogP contribution in [-0.4, -0.2) is 48.2 Å². The largest absolute Gasteiger partial charge is 0.497 e. The number of anilines is 1. The molecule has 2 aromatic rings. The first kappa shape index (κ1) is 24.4. The summed E-state index contributed by atoms with van der Waals surface area (Å²) in [6.45, 7) is 7.86. The molecule has 2 atom stereocenters. The van der Waals surface area contributed by atoms with Gasteiger partial charge in [0.25, 0.3) is 0 Å². The number of ether oxygens (including phenoxy) is 2. The molecule has 0 fully saturated rings. The lowest BCUT2D eigenvalue weighted by atomic mass is 10.1. The van der Waals surface area contributed by atoms with Crippen molar-refractivity contribution >= 4 is 28.5 Å². The molecule has 2 rings (SSSR count). The summed E-state index contributed by atoms with van der Waals surface area (Å²) in [4.78, 5) is 28.4. The first-order valence-corrected chi connectivity index (χ1v) is 10.5. The SMILES string of the molecule is COc1cc(NC(C)CCCNC(=O)C[C@@H](N)C(=O)OC(C)(C)C)c2ncccc2c1. The minimum absolute atomic E-state index is 0.0931. The van der Waals surface area contributed by atoms with E-state index in [1.807, 2.05) is 24.3 Å². The molecule has 4 N–H and O–H groups in total. The fourth-order valence-corrected chi connectivity index (χ4v) is 3.10. The number of nitrogens with zero attached hydrogens (tertiary/aromatic N) is 1. The molecule has 0 saturated carbocycles. The van der Waals surface area contributed by atoms with Gasteiger partial charge in [-0.1, -0.05) is 6.07 Å². The molecule has 0 saturated heterocycles. The van der Waals surface area contributed by atoms with E-state index in [-0.39, 0.29) is 18.4 Å². The molecule has 1 amide bonds. The summed E-state index contributed by atoms with van der Waals surface area (Å²) in [6.07, 6.45) is 3.28. The number of pyridine rings is 1. The third-order valence-corrected chi connectivity index (χ3v) is 4.57. The van der Waals surface area contributed by atoms with Gasteiger partial charge in [0.15, 0.2) is 0 Å². The predicted octanol–water partition coefficient (Wildman–Crippen LogP) is 3.00. The van der Waals surface area contributed by atoms with E-state index >= 15 is 0 Å². The topological polar surface area (TPSA) is 116 Å². The average molecular weight is 431 g/mol. The standard InChI is InChI=1S/C23H34N4O4/c1-15(27-19-13-17(30-5)12-16-9-7-11-26-21(16)19)8-6-10-25-20(28)14-18(24)22(29)31-23(2,3)4/h7,9,11-13,15,18,27H,6,8,10,14,24H2,1-5H3,(H,25,28)/t15?,18-/m1/s1. The number of nitrogens with one attached hydrogen (secondary N) is 2. The highest BCUT2D eigenvalue weighted by molar-refractivity contribution is 5.92. The third-order valence-electron chi connectivity index (χ3n) is 4.57. The monoisotopic (exact) mass is 430 g/mol. The zero-order valence-electron chi connectivity index (χ0n) is 19.0. The Hall–Kier alpha value is -2.87. The summed E-state index contributed by atoms with van der Waals surface area (Å²) < 4.78 is 10.6. The lowest BCUT2D eigenvalue weighted by molar-refractivity contribution is -0.157. The summed E-state index contributed by atoms with van der Waals surface area (Å²) in [6, 6.07) is 6.98. The number of methoxy groups -OCH3 is 1. The number of fused-ring (bicyclic) bond motifs is 1. The molecule has 0 aliphatic heterocycles. The number of hydrogen-bond donors (Lipinski definition) is 3. The van der Waals surface area contributed by atoms with Crippen molar-refractivity contribution in [2.24, 2.45) is 5.73 Å². The molecule has 0 radical (unpaired) electrons. The van der Waals surface area contributed by atoms with Crippen molar-refractivity contribution in [2.75, 3.05) is 19.0 Å². The highest BCUT2D eigenvalue weighted by Gasteiger charge is 2.24. The van der Waals surface area contributed by atoms with Crippen molar-refractivity contribution in [1.82, 2.24) is 10.3 Å². The number of nitrogens with two attached hydrogens (primary N) is 1. The van der Waals surface area contributed by atoms with E-state index < -0.39 is 17.6 Å². The number of esters is 1. The second-order valence-corrected chi connectivity index (χ2v) is 8.63. The summed E-state index contributed by atoms with van der Waals surface area (Å²) in [7, 11) is 1.64. The van der Waals surface area contributed by atoms with Gasteiger partial charge in [0, 0.05) is 30.2 Å². The van der Waals surface area contributed by atoms with E-state index in [0.29, 0.717) is 6.54 Å². The van der Waals surface area contributed by atoms with Crippen LogP contribution in [0.5, 0.6) is 5.75 Å². The van der Waals surface area contributed by atoms with E-state index in [1.54, 1.807) is 34.1 Å². The van der Waals surface area contributed by atoms with E-state index in [1.165, 1.54) is 0 Å². The Morgan fingerprint density at radius 2 is 2.00 bits per heavy atom. The van der Waals surface area contributed by atoms with Gasteiger partial charge in [0.05, 0.1) is 24.7 Å². The number of carbonyl (C=O) groups excluding carboxylic acids is 2. The maximum Gasteiger partial charge on any atom is 0.323 e. The van der Waals surface area contributed by atoms with Gasteiger partial charge in [0.2, 0.25) is 5.91 Å². The van der Waals surface area contributed by atoms with Crippen molar-refractivity contribution in [3.05, 3.63) is 30.5 Å². The number of amides is 1. The Labute approximate surface area is 183 Å². The minimum atomic E-state index is -0.964. The lowest BCUT2D eigenvalue weighted by Gasteiger charge is -2.22. The molecule has 0 aliphatic carbocycles. The molecule has 1 aromatic heterocycles. The van der Waals surface area contributed by atoms with Crippen LogP contribution in [0.25, 0.3) is 10.9 Å². The van der Waals surface area contributed by atoms with Gasteiger partial charge in [-0.3, -0.25) is 14.6 Å². The highest BCUT2D eigenvalue weighted by Crippen LogP contribution is 2.28. The first-order valence-electron chi connectivity index (χ1n) is 10.5. The van der Waals surface area contributed by atoms with Gasteiger partial charge in [-0.15, -0.1) is 0 Å². The zero-order valence-corrected chi connectivity index (χ0v) is 19.0. The summed E-state index contributed by atoms with van der Waals surface area (Å²) in [5.41, 5.74) is 6.94. The lowest BCUT2D eigenvalue weighted by Crippen LogP contribution is -2.41.